The fourth-order valence-electron chi connectivity index (χ4n) is 2.84. The van der Waals surface area contributed by atoms with Crippen LogP contribution in [0.4, 0.5) is 0 Å². The van der Waals surface area contributed by atoms with Crippen molar-refractivity contribution in [2.45, 2.75) is 31.7 Å². The van der Waals surface area contributed by atoms with Crippen LogP contribution in [0.3, 0.4) is 0 Å². The fraction of sp³-hybridized carbons (Fsp3) is 1.00. The van der Waals surface area contributed by atoms with Crippen molar-refractivity contribution in [3.05, 3.63) is 0 Å². The molecule has 0 aromatic carbocycles. The molecule has 1 aliphatic heterocycles. The third-order valence-corrected chi connectivity index (χ3v) is 4.49. The van der Waals surface area contributed by atoms with Gasteiger partial charge in [0.25, 0.3) is 0 Å². The Hall–Kier alpha value is -0.160. The second kappa shape index (κ2) is 7.43. The lowest BCUT2D eigenvalue weighted by Gasteiger charge is -2.40. The molecule has 1 N–H and O–H groups in total. The van der Waals surface area contributed by atoms with Crippen molar-refractivity contribution in [3.63, 3.8) is 0 Å². The molecule has 2 fully saturated rings. The molecule has 106 valence electrons. The van der Waals surface area contributed by atoms with E-state index in [9.17, 15) is 0 Å². The Bertz CT molecular complexity index is 225. The Morgan fingerprint density at radius 3 is 2.39 bits per heavy atom. The first-order valence-corrected chi connectivity index (χ1v) is 7.55. The smallest absolute Gasteiger partial charge is 0.0443 e. The topological polar surface area (TPSA) is 30.0 Å². The van der Waals surface area contributed by atoms with Crippen LogP contribution in [0.1, 0.15) is 25.7 Å². The van der Waals surface area contributed by atoms with Crippen LogP contribution in [0.2, 0.25) is 0 Å². The molecule has 2 aliphatic rings. The number of hydrogen-bond donors (Lipinski definition) is 1. The zero-order chi connectivity index (χ0) is 12.8. The third kappa shape index (κ3) is 4.19. The van der Waals surface area contributed by atoms with E-state index in [1.807, 2.05) is 0 Å². The quantitative estimate of drug-likeness (QED) is 0.716. The van der Waals surface area contributed by atoms with E-state index in [1.54, 1.807) is 0 Å². The number of hydrogen-bond acceptors (Lipinski definition) is 4. The maximum absolute atomic E-state index is 8.99. The number of aliphatic hydroxyl groups is 1. The molecule has 1 aliphatic carbocycles. The summed E-state index contributed by atoms with van der Waals surface area (Å²) in [5.41, 5.74) is 0. The van der Waals surface area contributed by atoms with E-state index in [2.05, 4.69) is 21.7 Å². The Morgan fingerprint density at radius 1 is 1.11 bits per heavy atom. The van der Waals surface area contributed by atoms with Gasteiger partial charge in [0.15, 0.2) is 0 Å². The first kappa shape index (κ1) is 14.3. The van der Waals surface area contributed by atoms with Crippen molar-refractivity contribution >= 4 is 0 Å². The van der Waals surface area contributed by atoms with Crippen LogP contribution in [0, 0.1) is 0 Å². The standard InChI is InChI=1S/C14H29N3O/c1-15-7-9-16(10-8-15)11-12-17(6-3-13-18)14-4-2-5-14/h14,18H,2-13H2,1H3. The minimum atomic E-state index is 0.331. The molecule has 0 atom stereocenters. The Morgan fingerprint density at radius 2 is 1.83 bits per heavy atom. The summed E-state index contributed by atoms with van der Waals surface area (Å²) < 4.78 is 0. The summed E-state index contributed by atoms with van der Waals surface area (Å²) >= 11 is 0. The molecular formula is C14H29N3O. The van der Waals surface area contributed by atoms with Gasteiger partial charge >= 0.3 is 0 Å². The van der Waals surface area contributed by atoms with Crippen LogP contribution >= 0.6 is 0 Å². The molecule has 0 radical (unpaired) electrons. The van der Waals surface area contributed by atoms with Crippen LogP contribution in [0.15, 0.2) is 0 Å². The van der Waals surface area contributed by atoms with Crippen LogP contribution in [-0.2, 0) is 0 Å². The van der Waals surface area contributed by atoms with Crippen LogP contribution < -0.4 is 0 Å². The minimum Gasteiger partial charge on any atom is -0.396 e. The van der Waals surface area contributed by atoms with E-state index in [-0.39, 0.29) is 0 Å². The highest BCUT2D eigenvalue weighted by atomic mass is 16.3. The summed E-state index contributed by atoms with van der Waals surface area (Å²) in [5, 5.41) is 8.99. The fourth-order valence-corrected chi connectivity index (χ4v) is 2.84. The van der Waals surface area contributed by atoms with Gasteiger partial charge in [-0.15, -0.1) is 0 Å². The first-order valence-electron chi connectivity index (χ1n) is 7.55. The van der Waals surface area contributed by atoms with Gasteiger partial charge in [-0.25, -0.2) is 0 Å². The second-order valence-electron chi connectivity index (χ2n) is 5.84. The molecule has 0 aromatic heterocycles. The van der Waals surface area contributed by atoms with Crippen LogP contribution in [0.25, 0.3) is 0 Å². The molecule has 0 bridgehead atoms. The molecule has 0 amide bonds. The molecule has 4 heteroatoms. The Kier molecular flexibility index (Phi) is 5.89. The lowest BCUT2D eigenvalue weighted by molar-refractivity contribution is 0.0862. The van der Waals surface area contributed by atoms with Gasteiger partial charge < -0.3 is 10.0 Å². The number of rotatable bonds is 7. The molecule has 2 rings (SSSR count). The van der Waals surface area contributed by atoms with Gasteiger partial charge in [-0.05, 0) is 26.3 Å². The van der Waals surface area contributed by atoms with Gasteiger partial charge in [-0.2, -0.15) is 0 Å². The normalized spacial score (nSPS) is 23.5. The van der Waals surface area contributed by atoms with Crippen molar-refractivity contribution in [2.24, 2.45) is 0 Å². The lowest BCUT2D eigenvalue weighted by Crippen LogP contribution is -2.49. The molecule has 1 saturated carbocycles. The van der Waals surface area contributed by atoms with E-state index in [4.69, 9.17) is 5.11 Å². The molecule has 0 aromatic rings. The molecule has 4 nitrogen and oxygen atoms in total. The van der Waals surface area contributed by atoms with Gasteiger partial charge in [-0.3, -0.25) is 9.80 Å². The summed E-state index contributed by atoms with van der Waals surface area (Å²) in [7, 11) is 2.21. The van der Waals surface area contributed by atoms with Gasteiger partial charge in [0.2, 0.25) is 0 Å². The summed E-state index contributed by atoms with van der Waals surface area (Å²) in [5.74, 6) is 0. The maximum atomic E-state index is 8.99. The zero-order valence-electron chi connectivity index (χ0n) is 11.9. The predicted octanol–water partition coefficient (Wildman–Crippen LogP) is 0.471. The van der Waals surface area contributed by atoms with Gasteiger partial charge in [0, 0.05) is 58.5 Å². The number of nitrogens with zero attached hydrogens (tertiary/aromatic N) is 3. The highest BCUT2D eigenvalue weighted by Gasteiger charge is 2.25. The summed E-state index contributed by atoms with van der Waals surface area (Å²) in [6, 6.07) is 0.809. The summed E-state index contributed by atoms with van der Waals surface area (Å²) in [6.45, 7) is 8.65. The van der Waals surface area contributed by atoms with Crippen molar-refractivity contribution < 1.29 is 5.11 Å². The summed E-state index contributed by atoms with van der Waals surface area (Å²) in [6.07, 6.45) is 5.07. The zero-order valence-corrected chi connectivity index (χ0v) is 11.9. The summed E-state index contributed by atoms with van der Waals surface area (Å²) in [4.78, 5) is 7.61. The van der Waals surface area contributed by atoms with E-state index < -0.39 is 0 Å². The monoisotopic (exact) mass is 255 g/mol. The molecule has 1 heterocycles. The SMILES string of the molecule is CN1CCN(CCN(CCCO)C2CCC2)CC1. The lowest BCUT2D eigenvalue weighted by atomic mass is 9.91. The highest BCUT2D eigenvalue weighted by Crippen LogP contribution is 2.24. The van der Waals surface area contributed by atoms with Gasteiger partial charge in [-0.1, -0.05) is 6.42 Å². The second-order valence-corrected chi connectivity index (χ2v) is 5.84. The predicted molar refractivity (Wildman–Crippen MR) is 74.9 cm³/mol. The number of piperazine rings is 1. The van der Waals surface area contributed by atoms with Crippen LogP contribution in [-0.4, -0.2) is 85.3 Å². The average molecular weight is 255 g/mol. The number of aliphatic hydroxyl groups excluding tert-OH is 1. The van der Waals surface area contributed by atoms with E-state index in [0.717, 1.165) is 19.0 Å². The van der Waals surface area contributed by atoms with Crippen LogP contribution in [0.5, 0.6) is 0 Å². The van der Waals surface area contributed by atoms with Gasteiger partial charge in [0.1, 0.15) is 0 Å². The van der Waals surface area contributed by atoms with Crippen molar-refractivity contribution in [3.8, 4) is 0 Å². The molecule has 0 spiro atoms. The number of likely N-dealkylation sites (N-methyl/N-ethyl adjacent to an activating group) is 1. The van der Waals surface area contributed by atoms with Gasteiger partial charge in [0.05, 0.1) is 0 Å². The molecule has 18 heavy (non-hydrogen) atoms. The Labute approximate surface area is 112 Å². The van der Waals surface area contributed by atoms with Crippen molar-refractivity contribution in [1.29, 1.82) is 0 Å². The minimum absolute atomic E-state index is 0.331. The Balaban J connectivity index is 1.67. The first-order chi connectivity index (χ1) is 8.79. The third-order valence-electron chi connectivity index (χ3n) is 4.49. The molecular weight excluding hydrogens is 226 g/mol. The van der Waals surface area contributed by atoms with E-state index >= 15 is 0 Å². The van der Waals surface area contributed by atoms with Crippen molar-refractivity contribution in [1.82, 2.24) is 14.7 Å². The van der Waals surface area contributed by atoms with Crippen molar-refractivity contribution in [2.75, 3.05) is 59.5 Å². The average Bonchev–Trinajstić information content (AvgIpc) is 2.32. The van der Waals surface area contributed by atoms with E-state index in [0.29, 0.717) is 6.61 Å². The maximum Gasteiger partial charge on any atom is 0.0443 e. The molecule has 0 unspecified atom stereocenters. The largest absolute Gasteiger partial charge is 0.396 e. The van der Waals surface area contributed by atoms with E-state index in [1.165, 1.54) is 58.5 Å². The highest BCUT2D eigenvalue weighted by molar-refractivity contribution is 4.81. The molecule has 1 saturated heterocycles.